The van der Waals surface area contributed by atoms with Crippen LogP contribution < -0.4 is 5.32 Å². The summed E-state index contributed by atoms with van der Waals surface area (Å²) in [6.45, 7) is 6.40. The van der Waals surface area contributed by atoms with Crippen LogP contribution >= 0.6 is 0 Å². The second-order valence-corrected chi connectivity index (χ2v) is 8.55. The van der Waals surface area contributed by atoms with Crippen molar-refractivity contribution in [1.29, 1.82) is 0 Å². The number of nitrogens with one attached hydrogen (secondary N) is 1. The Labute approximate surface area is 166 Å². The van der Waals surface area contributed by atoms with Gasteiger partial charge in [0.05, 0.1) is 0 Å². The quantitative estimate of drug-likeness (QED) is 0.667. The third-order valence-electron chi connectivity index (χ3n) is 5.66. The van der Waals surface area contributed by atoms with Crippen LogP contribution in [-0.4, -0.2) is 11.0 Å². The zero-order chi connectivity index (χ0) is 19.9. The highest BCUT2D eigenvalue weighted by Gasteiger charge is 2.49. The summed E-state index contributed by atoms with van der Waals surface area (Å²) in [7, 11) is 0. The van der Waals surface area contributed by atoms with E-state index >= 15 is 0 Å². The number of carbonyl (C=O) groups is 1. The van der Waals surface area contributed by atoms with Crippen molar-refractivity contribution in [3.05, 3.63) is 95.1 Å². The predicted molar refractivity (Wildman–Crippen MR) is 113 cm³/mol. The predicted octanol–water partition coefficient (Wildman–Crippen LogP) is 5.17. The highest BCUT2D eigenvalue weighted by atomic mass is 16.3. The van der Waals surface area contributed by atoms with E-state index in [1.54, 1.807) is 6.07 Å². The minimum Gasteiger partial charge on any atom is -0.508 e. The second kappa shape index (κ2) is 6.52. The Balaban J connectivity index is 2.00. The summed E-state index contributed by atoms with van der Waals surface area (Å²) in [6.07, 6.45) is 0.484. The molecule has 0 spiro atoms. The average molecular weight is 371 g/mol. The molecule has 3 aromatic carbocycles. The van der Waals surface area contributed by atoms with Gasteiger partial charge in [-0.2, -0.15) is 0 Å². The van der Waals surface area contributed by atoms with Crippen LogP contribution in [-0.2, 0) is 22.0 Å². The highest BCUT2D eigenvalue weighted by Crippen LogP contribution is 2.48. The standard InChI is InChI=1S/C25H25NO2/c1-24(2,3)18-13-14-22(27)20(15-18)25(16-17-9-5-4-6-10-17)19-11-7-8-12-21(19)26-23(25)28/h4-15,27H,16H2,1-3H3,(H,26,28). The van der Waals surface area contributed by atoms with Gasteiger partial charge in [-0.15, -0.1) is 0 Å². The van der Waals surface area contributed by atoms with Gasteiger partial charge < -0.3 is 10.4 Å². The van der Waals surface area contributed by atoms with Crippen molar-refractivity contribution in [2.75, 3.05) is 5.32 Å². The normalized spacial score (nSPS) is 18.6. The molecule has 0 radical (unpaired) electrons. The van der Waals surface area contributed by atoms with E-state index in [4.69, 9.17) is 0 Å². The minimum absolute atomic E-state index is 0.0923. The highest BCUT2D eigenvalue weighted by molar-refractivity contribution is 6.09. The number of hydrogen-bond donors (Lipinski definition) is 2. The maximum Gasteiger partial charge on any atom is 0.240 e. The van der Waals surface area contributed by atoms with Crippen molar-refractivity contribution >= 4 is 11.6 Å². The van der Waals surface area contributed by atoms with Gasteiger partial charge in [0.1, 0.15) is 11.2 Å². The third kappa shape index (κ3) is 2.88. The lowest BCUT2D eigenvalue weighted by molar-refractivity contribution is -0.119. The topological polar surface area (TPSA) is 49.3 Å². The van der Waals surface area contributed by atoms with Crippen LogP contribution in [0.2, 0.25) is 0 Å². The fourth-order valence-corrected chi connectivity index (χ4v) is 4.10. The Morgan fingerprint density at radius 1 is 0.893 bits per heavy atom. The molecule has 28 heavy (non-hydrogen) atoms. The third-order valence-corrected chi connectivity index (χ3v) is 5.66. The number of aromatic hydroxyl groups is 1. The number of benzene rings is 3. The maximum absolute atomic E-state index is 13.4. The van der Waals surface area contributed by atoms with Crippen LogP contribution in [0.3, 0.4) is 0 Å². The summed E-state index contributed by atoms with van der Waals surface area (Å²) in [6, 6.07) is 23.4. The number of carbonyl (C=O) groups excluding carboxylic acids is 1. The number of amides is 1. The summed E-state index contributed by atoms with van der Waals surface area (Å²) in [5, 5.41) is 13.9. The first kappa shape index (κ1) is 18.3. The lowest BCUT2D eigenvalue weighted by Gasteiger charge is -2.31. The van der Waals surface area contributed by atoms with E-state index in [9.17, 15) is 9.90 Å². The molecule has 2 N–H and O–H groups in total. The van der Waals surface area contributed by atoms with Crippen LogP contribution in [0.15, 0.2) is 72.8 Å². The number of para-hydroxylation sites is 1. The molecule has 3 nitrogen and oxygen atoms in total. The number of anilines is 1. The smallest absolute Gasteiger partial charge is 0.240 e. The fourth-order valence-electron chi connectivity index (χ4n) is 4.10. The lowest BCUT2D eigenvalue weighted by Crippen LogP contribution is -2.38. The van der Waals surface area contributed by atoms with Crippen molar-refractivity contribution in [2.24, 2.45) is 0 Å². The first-order chi connectivity index (χ1) is 13.3. The molecule has 1 heterocycles. The number of rotatable bonds is 3. The van der Waals surface area contributed by atoms with Gasteiger partial charge in [-0.3, -0.25) is 4.79 Å². The molecule has 1 aliphatic heterocycles. The number of fused-ring (bicyclic) bond motifs is 1. The molecule has 0 bridgehead atoms. The van der Waals surface area contributed by atoms with Gasteiger partial charge in [0.15, 0.2) is 0 Å². The Bertz CT molecular complexity index is 1030. The molecule has 0 saturated carbocycles. The van der Waals surface area contributed by atoms with E-state index in [1.165, 1.54) is 0 Å². The minimum atomic E-state index is -0.969. The fraction of sp³-hybridized carbons (Fsp3) is 0.240. The van der Waals surface area contributed by atoms with Crippen LogP contribution in [0, 0.1) is 0 Å². The van der Waals surface area contributed by atoms with E-state index in [1.807, 2.05) is 66.7 Å². The largest absolute Gasteiger partial charge is 0.508 e. The molecule has 3 heteroatoms. The van der Waals surface area contributed by atoms with E-state index in [0.29, 0.717) is 12.0 Å². The van der Waals surface area contributed by atoms with Crippen molar-refractivity contribution in [1.82, 2.24) is 0 Å². The summed E-state index contributed by atoms with van der Waals surface area (Å²) in [5.74, 6) is 0.0506. The van der Waals surface area contributed by atoms with Gasteiger partial charge in [-0.25, -0.2) is 0 Å². The molecule has 1 atom stereocenters. The second-order valence-electron chi connectivity index (χ2n) is 8.55. The molecule has 0 fully saturated rings. The molecular formula is C25H25NO2. The van der Waals surface area contributed by atoms with Gasteiger partial charge in [0.25, 0.3) is 0 Å². The Morgan fingerprint density at radius 3 is 2.29 bits per heavy atom. The zero-order valence-electron chi connectivity index (χ0n) is 16.5. The van der Waals surface area contributed by atoms with Gasteiger partial charge in [0, 0.05) is 11.3 Å². The molecule has 3 aromatic rings. The summed E-state index contributed by atoms with van der Waals surface area (Å²) in [4.78, 5) is 13.4. The van der Waals surface area contributed by atoms with E-state index in [0.717, 1.165) is 22.4 Å². The Kier molecular flexibility index (Phi) is 4.26. The maximum atomic E-state index is 13.4. The Hall–Kier alpha value is -3.07. The van der Waals surface area contributed by atoms with Crippen molar-refractivity contribution in [3.8, 4) is 5.75 Å². The summed E-state index contributed by atoms with van der Waals surface area (Å²) in [5.41, 5.74) is 3.45. The monoisotopic (exact) mass is 371 g/mol. The molecule has 4 rings (SSSR count). The van der Waals surface area contributed by atoms with Crippen molar-refractivity contribution in [3.63, 3.8) is 0 Å². The van der Waals surface area contributed by atoms with Crippen LogP contribution in [0.5, 0.6) is 5.75 Å². The van der Waals surface area contributed by atoms with E-state index in [-0.39, 0.29) is 17.1 Å². The van der Waals surface area contributed by atoms with Gasteiger partial charge in [0.2, 0.25) is 5.91 Å². The number of hydrogen-bond acceptors (Lipinski definition) is 2. The molecule has 0 saturated heterocycles. The Morgan fingerprint density at radius 2 is 1.57 bits per heavy atom. The number of phenols is 1. The van der Waals surface area contributed by atoms with Gasteiger partial charge >= 0.3 is 0 Å². The van der Waals surface area contributed by atoms with E-state index in [2.05, 4.69) is 26.1 Å². The molecule has 142 valence electrons. The van der Waals surface area contributed by atoms with Crippen LogP contribution in [0.25, 0.3) is 0 Å². The van der Waals surface area contributed by atoms with Gasteiger partial charge in [-0.05, 0) is 40.7 Å². The van der Waals surface area contributed by atoms with Gasteiger partial charge in [-0.1, -0.05) is 81.4 Å². The average Bonchev–Trinajstić information content (AvgIpc) is 2.94. The SMILES string of the molecule is CC(C)(C)c1ccc(O)c(C2(Cc3ccccc3)C(=O)Nc3ccccc32)c1. The van der Waals surface area contributed by atoms with Crippen LogP contribution in [0.4, 0.5) is 5.69 Å². The lowest BCUT2D eigenvalue weighted by atomic mass is 9.69. The molecular weight excluding hydrogens is 346 g/mol. The molecule has 1 unspecified atom stereocenters. The number of phenolic OH excluding ortho intramolecular Hbond substituents is 1. The summed E-state index contributed by atoms with van der Waals surface area (Å²) >= 11 is 0. The first-order valence-electron chi connectivity index (χ1n) is 9.61. The molecule has 1 amide bonds. The molecule has 0 aliphatic carbocycles. The van der Waals surface area contributed by atoms with Crippen molar-refractivity contribution in [2.45, 2.75) is 38.0 Å². The van der Waals surface area contributed by atoms with Crippen molar-refractivity contribution < 1.29 is 9.90 Å². The molecule has 1 aliphatic rings. The first-order valence-corrected chi connectivity index (χ1v) is 9.61. The van der Waals surface area contributed by atoms with E-state index < -0.39 is 5.41 Å². The molecule has 0 aromatic heterocycles. The summed E-state index contributed by atoms with van der Waals surface area (Å²) < 4.78 is 0. The zero-order valence-corrected chi connectivity index (χ0v) is 16.5. The van der Waals surface area contributed by atoms with Crippen LogP contribution in [0.1, 0.15) is 43.0 Å².